The number of carbonyl (C=O) groups is 1. The van der Waals surface area contributed by atoms with Gasteiger partial charge in [0.25, 0.3) is 0 Å². The number of fused-ring (bicyclic) bond motifs is 1. The third kappa shape index (κ3) is 2.67. The molecule has 4 heterocycles. The number of amides is 1. The molecule has 0 bridgehead atoms. The number of nitrogens with two attached hydrogens (primary N) is 1. The molecule has 0 aromatic carbocycles. The molecule has 0 aliphatic carbocycles. The average molecular weight is 347 g/mol. The molecule has 3 aromatic heterocycles. The first-order valence-electron chi connectivity index (χ1n) is 7.02. The van der Waals surface area contributed by atoms with Crippen LogP contribution in [-0.4, -0.2) is 46.0 Å². The maximum atomic E-state index is 11.0. The summed E-state index contributed by atoms with van der Waals surface area (Å²) < 4.78 is 5.78. The van der Waals surface area contributed by atoms with Crippen LogP contribution >= 0.6 is 22.7 Å². The van der Waals surface area contributed by atoms with Gasteiger partial charge >= 0.3 is 0 Å². The number of rotatable bonds is 3. The molecule has 7 nitrogen and oxygen atoms in total. The molecular weight excluding hydrogens is 334 g/mol. The minimum Gasteiger partial charge on any atom is -0.383 e. The summed E-state index contributed by atoms with van der Waals surface area (Å²) in [7, 11) is 0. The summed E-state index contributed by atoms with van der Waals surface area (Å²) in [5, 5.41) is 3.44. The van der Waals surface area contributed by atoms with Crippen molar-refractivity contribution in [2.24, 2.45) is 0 Å². The van der Waals surface area contributed by atoms with Crippen molar-refractivity contribution in [3.63, 3.8) is 0 Å². The number of anilines is 1. The van der Waals surface area contributed by atoms with Crippen molar-refractivity contribution in [1.29, 1.82) is 0 Å². The molecule has 1 amide bonds. The summed E-state index contributed by atoms with van der Waals surface area (Å²) in [6.07, 6.45) is 2.43. The molecule has 1 aliphatic rings. The van der Waals surface area contributed by atoms with Crippen LogP contribution in [0.5, 0.6) is 0 Å². The predicted molar refractivity (Wildman–Crippen MR) is 89.3 cm³/mol. The highest BCUT2D eigenvalue weighted by Crippen LogP contribution is 2.35. The number of nitrogens with zero attached hydrogens (tertiary/aromatic N) is 4. The van der Waals surface area contributed by atoms with Gasteiger partial charge in [-0.05, 0) is 6.07 Å². The van der Waals surface area contributed by atoms with Gasteiger partial charge in [-0.2, -0.15) is 0 Å². The lowest BCUT2D eigenvalue weighted by atomic mass is 10.2. The maximum Gasteiger partial charge on any atom is 0.209 e. The van der Waals surface area contributed by atoms with Crippen molar-refractivity contribution in [3.05, 3.63) is 22.5 Å². The highest BCUT2D eigenvalue weighted by Gasteiger charge is 2.24. The molecule has 0 spiro atoms. The average Bonchev–Trinajstić information content (AvgIpc) is 3.24. The van der Waals surface area contributed by atoms with Crippen LogP contribution in [-0.2, 0) is 9.53 Å². The van der Waals surface area contributed by atoms with Gasteiger partial charge in [-0.1, -0.05) is 0 Å². The number of hydrogen-bond acceptors (Lipinski definition) is 8. The van der Waals surface area contributed by atoms with Crippen molar-refractivity contribution < 1.29 is 9.53 Å². The fourth-order valence-electron chi connectivity index (χ4n) is 2.49. The minimum atomic E-state index is -0.143. The number of nitrogen functional groups attached to an aromatic ring is 1. The van der Waals surface area contributed by atoms with Crippen LogP contribution in [0.3, 0.4) is 0 Å². The molecule has 1 aliphatic heterocycles. The molecule has 1 fully saturated rings. The Morgan fingerprint density at radius 2 is 2.35 bits per heavy atom. The van der Waals surface area contributed by atoms with Gasteiger partial charge in [-0.3, -0.25) is 4.79 Å². The molecule has 0 radical (unpaired) electrons. The quantitative estimate of drug-likeness (QED) is 0.728. The van der Waals surface area contributed by atoms with E-state index in [1.54, 1.807) is 11.1 Å². The van der Waals surface area contributed by atoms with Crippen LogP contribution in [0, 0.1) is 0 Å². The molecule has 2 N–H and O–H groups in total. The van der Waals surface area contributed by atoms with Crippen LogP contribution in [0.2, 0.25) is 0 Å². The molecule has 1 atom stereocenters. The number of ether oxygens (including phenoxy) is 1. The zero-order chi connectivity index (χ0) is 15.8. The second-order valence-electron chi connectivity index (χ2n) is 5.10. The Labute approximate surface area is 139 Å². The lowest BCUT2D eigenvalue weighted by Gasteiger charge is -2.29. The van der Waals surface area contributed by atoms with Gasteiger partial charge < -0.3 is 15.4 Å². The third-order valence-corrected chi connectivity index (χ3v) is 5.52. The van der Waals surface area contributed by atoms with Gasteiger partial charge in [-0.25, -0.2) is 15.0 Å². The summed E-state index contributed by atoms with van der Waals surface area (Å²) >= 11 is 2.99. The van der Waals surface area contributed by atoms with E-state index in [0.29, 0.717) is 31.3 Å². The Hall–Kier alpha value is -2.10. The summed E-state index contributed by atoms with van der Waals surface area (Å²) in [4.78, 5) is 27.6. The maximum absolute atomic E-state index is 11.0. The van der Waals surface area contributed by atoms with Crippen LogP contribution in [0.4, 0.5) is 5.82 Å². The first-order chi connectivity index (χ1) is 11.2. The van der Waals surface area contributed by atoms with Crippen LogP contribution in [0.25, 0.3) is 21.0 Å². The fraction of sp³-hybridized carbons (Fsp3) is 0.286. The second kappa shape index (κ2) is 5.84. The van der Waals surface area contributed by atoms with E-state index >= 15 is 0 Å². The Morgan fingerprint density at radius 3 is 3.13 bits per heavy atom. The standard InChI is InChI=1S/C14H13N5O2S2/c15-11-8-5-10(9-6-19(7-20)2-3-21-9)23-13(8)18-12(17-11)14-16-1-4-22-14/h1,4-5,7,9H,2-3,6H2,(H2,15,17,18). The third-order valence-electron chi connectivity index (χ3n) is 3.63. The van der Waals surface area contributed by atoms with Crippen LogP contribution < -0.4 is 5.73 Å². The largest absolute Gasteiger partial charge is 0.383 e. The van der Waals surface area contributed by atoms with E-state index < -0.39 is 0 Å². The monoisotopic (exact) mass is 347 g/mol. The van der Waals surface area contributed by atoms with Crippen molar-refractivity contribution >= 4 is 45.1 Å². The van der Waals surface area contributed by atoms with E-state index in [0.717, 1.165) is 26.5 Å². The number of morpholine rings is 1. The van der Waals surface area contributed by atoms with Gasteiger partial charge in [-0.15, -0.1) is 22.7 Å². The highest BCUT2D eigenvalue weighted by atomic mass is 32.1. The molecule has 3 aromatic rings. The Morgan fingerprint density at radius 1 is 1.43 bits per heavy atom. The van der Waals surface area contributed by atoms with E-state index in [4.69, 9.17) is 10.5 Å². The van der Waals surface area contributed by atoms with E-state index in [9.17, 15) is 4.79 Å². The molecule has 1 saturated heterocycles. The van der Waals surface area contributed by atoms with Gasteiger partial charge in [0.2, 0.25) is 6.41 Å². The second-order valence-corrected chi connectivity index (χ2v) is 7.05. The van der Waals surface area contributed by atoms with E-state index in [1.807, 2.05) is 11.4 Å². The minimum absolute atomic E-state index is 0.143. The Balaban J connectivity index is 1.73. The number of thiazole rings is 1. The van der Waals surface area contributed by atoms with Crippen LogP contribution in [0.15, 0.2) is 17.6 Å². The molecule has 9 heteroatoms. The Kier molecular flexibility index (Phi) is 3.68. The lowest BCUT2D eigenvalue weighted by molar-refractivity contribution is -0.125. The SMILES string of the molecule is Nc1nc(-c2nccs2)nc2sc(C3CN(C=O)CCO3)cc12. The molecule has 0 saturated carbocycles. The first-order valence-corrected chi connectivity index (χ1v) is 8.72. The molecule has 4 rings (SSSR count). The van der Waals surface area contributed by atoms with Crippen molar-refractivity contribution in [2.45, 2.75) is 6.10 Å². The fourth-order valence-corrected chi connectivity index (χ4v) is 4.14. The van der Waals surface area contributed by atoms with Gasteiger partial charge in [0.15, 0.2) is 10.8 Å². The lowest BCUT2D eigenvalue weighted by Crippen LogP contribution is -2.36. The molecule has 1 unspecified atom stereocenters. The number of carbonyl (C=O) groups excluding carboxylic acids is 1. The summed E-state index contributed by atoms with van der Waals surface area (Å²) in [5.74, 6) is 0.975. The highest BCUT2D eigenvalue weighted by molar-refractivity contribution is 7.18. The van der Waals surface area contributed by atoms with Gasteiger partial charge in [0, 0.05) is 23.0 Å². The van der Waals surface area contributed by atoms with E-state index in [2.05, 4.69) is 15.0 Å². The molecular formula is C14H13N5O2S2. The predicted octanol–water partition coefficient (Wildman–Crippen LogP) is 1.93. The van der Waals surface area contributed by atoms with E-state index in [-0.39, 0.29) is 6.10 Å². The first kappa shape index (κ1) is 14.5. The molecule has 23 heavy (non-hydrogen) atoms. The molecule has 118 valence electrons. The van der Waals surface area contributed by atoms with E-state index in [1.165, 1.54) is 22.7 Å². The number of aromatic nitrogens is 3. The topological polar surface area (TPSA) is 94.2 Å². The van der Waals surface area contributed by atoms with Crippen molar-refractivity contribution in [2.75, 3.05) is 25.4 Å². The van der Waals surface area contributed by atoms with Crippen LogP contribution in [0.1, 0.15) is 11.0 Å². The van der Waals surface area contributed by atoms with Gasteiger partial charge in [0.1, 0.15) is 16.8 Å². The summed E-state index contributed by atoms with van der Waals surface area (Å²) in [5.41, 5.74) is 6.08. The smallest absolute Gasteiger partial charge is 0.209 e. The van der Waals surface area contributed by atoms with Gasteiger partial charge in [0.05, 0.1) is 18.5 Å². The van der Waals surface area contributed by atoms with Crippen molar-refractivity contribution in [1.82, 2.24) is 19.9 Å². The number of hydrogen-bond donors (Lipinski definition) is 1. The zero-order valence-electron chi connectivity index (χ0n) is 12.0. The normalized spacial score (nSPS) is 18.4. The zero-order valence-corrected chi connectivity index (χ0v) is 13.6. The summed E-state index contributed by atoms with van der Waals surface area (Å²) in [6.45, 7) is 1.70. The number of thiophene rings is 1. The Bertz CT molecular complexity index is 848. The summed E-state index contributed by atoms with van der Waals surface area (Å²) in [6, 6.07) is 1.96. The van der Waals surface area contributed by atoms with Crippen molar-refractivity contribution in [3.8, 4) is 10.8 Å².